The van der Waals surface area contributed by atoms with Crippen molar-refractivity contribution in [2.75, 3.05) is 17.7 Å². The van der Waals surface area contributed by atoms with E-state index in [-0.39, 0.29) is 6.61 Å². The van der Waals surface area contributed by atoms with Gasteiger partial charge < -0.3 is 14.8 Å². The largest absolute Gasteiger partial charge is 0.497 e. The highest BCUT2D eigenvalue weighted by atomic mass is 35.5. The number of carbonyl (C=O) groups excluding carboxylic acids is 1. The molecule has 0 fully saturated rings. The maximum absolute atomic E-state index is 12.0. The lowest BCUT2D eigenvalue weighted by Crippen LogP contribution is -2.19. The number of amides is 2. The molecule has 9 heteroatoms. The molecule has 2 aromatic carbocycles. The molecule has 0 radical (unpaired) electrons. The molecule has 0 aliphatic heterocycles. The average Bonchev–Trinajstić information content (AvgIpc) is 3.07. The Morgan fingerprint density at radius 1 is 1.12 bits per heavy atom. The Bertz CT molecular complexity index is 886. The van der Waals surface area contributed by atoms with Crippen molar-refractivity contribution in [2.24, 2.45) is 0 Å². The number of nitrogens with zero attached hydrogens (tertiary/aromatic N) is 2. The second-order valence-corrected chi connectivity index (χ2v) is 6.55. The molecule has 0 aliphatic carbocycles. The standard InChI is InChI=1S/C17H15ClN4O3S/c1-24-13-5-7-14(8-6-13)25-10-15-21-22-17(26-15)20-16(23)19-12-4-2-3-11(18)9-12/h2-9H,10H2,1H3,(H2,19,20,22,23). The van der Waals surface area contributed by atoms with E-state index in [4.69, 9.17) is 21.1 Å². The number of nitrogens with one attached hydrogen (secondary N) is 2. The van der Waals surface area contributed by atoms with E-state index in [0.29, 0.717) is 26.6 Å². The van der Waals surface area contributed by atoms with Crippen LogP contribution in [-0.2, 0) is 6.61 Å². The number of rotatable bonds is 6. The lowest BCUT2D eigenvalue weighted by Gasteiger charge is -2.05. The number of ether oxygens (including phenoxy) is 2. The summed E-state index contributed by atoms with van der Waals surface area (Å²) >= 11 is 7.11. The zero-order valence-electron chi connectivity index (χ0n) is 13.7. The molecule has 3 aromatic rings. The van der Waals surface area contributed by atoms with E-state index < -0.39 is 6.03 Å². The van der Waals surface area contributed by atoms with Crippen molar-refractivity contribution in [1.82, 2.24) is 10.2 Å². The first kappa shape index (κ1) is 18.0. The molecule has 0 saturated carbocycles. The van der Waals surface area contributed by atoms with Gasteiger partial charge in [0.1, 0.15) is 18.1 Å². The van der Waals surface area contributed by atoms with E-state index in [1.54, 1.807) is 43.5 Å². The first-order valence-corrected chi connectivity index (χ1v) is 8.74. The summed E-state index contributed by atoms with van der Waals surface area (Å²) in [4.78, 5) is 12.0. The van der Waals surface area contributed by atoms with E-state index in [9.17, 15) is 4.79 Å². The molecule has 0 atom stereocenters. The van der Waals surface area contributed by atoms with Crippen molar-refractivity contribution >= 4 is 39.8 Å². The predicted octanol–water partition coefficient (Wildman–Crippen LogP) is 4.42. The van der Waals surface area contributed by atoms with E-state index in [2.05, 4.69) is 20.8 Å². The van der Waals surface area contributed by atoms with Crippen LogP contribution in [0, 0.1) is 0 Å². The van der Waals surface area contributed by atoms with Crippen LogP contribution >= 0.6 is 22.9 Å². The molecule has 1 heterocycles. The number of anilines is 2. The molecule has 0 bridgehead atoms. The molecular weight excluding hydrogens is 376 g/mol. The highest BCUT2D eigenvalue weighted by Gasteiger charge is 2.09. The Morgan fingerprint density at radius 3 is 2.62 bits per heavy atom. The van der Waals surface area contributed by atoms with E-state index in [0.717, 1.165) is 5.75 Å². The lowest BCUT2D eigenvalue weighted by atomic mass is 10.3. The lowest BCUT2D eigenvalue weighted by molar-refractivity contribution is 0.262. The van der Waals surface area contributed by atoms with Gasteiger partial charge in [0.2, 0.25) is 5.13 Å². The highest BCUT2D eigenvalue weighted by Crippen LogP contribution is 2.21. The van der Waals surface area contributed by atoms with Gasteiger partial charge in [-0.3, -0.25) is 5.32 Å². The Balaban J connectivity index is 1.51. The van der Waals surface area contributed by atoms with Crippen molar-refractivity contribution in [1.29, 1.82) is 0 Å². The SMILES string of the molecule is COc1ccc(OCc2nnc(NC(=O)Nc3cccc(Cl)c3)s2)cc1. The summed E-state index contributed by atoms with van der Waals surface area (Å²) in [5.74, 6) is 1.44. The Kier molecular flexibility index (Phi) is 5.88. The molecule has 134 valence electrons. The molecule has 1 aromatic heterocycles. The van der Waals surface area contributed by atoms with Crippen molar-refractivity contribution in [3.63, 3.8) is 0 Å². The minimum atomic E-state index is -0.425. The molecule has 7 nitrogen and oxygen atoms in total. The van der Waals surface area contributed by atoms with Crippen molar-refractivity contribution in [2.45, 2.75) is 6.61 Å². The summed E-state index contributed by atoms with van der Waals surface area (Å²) < 4.78 is 10.7. The van der Waals surface area contributed by atoms with Gasteiger partial charge in [-0.15, -0.1) is 10.2 Å². The molecule has 26 heavy (non-hydrogen) atoms. The quantitative estimate of drug-likeness (QED) is 0.650. The zero-order valence-corrected chi connectivity index (χ0v) is 15.3. The number of hydrogen-bond donors (Lipinski definition) is 2. The second-order valence-electron chi connectivity index (χ2n) is 5.05. The highest BCUT2D eigenvalue weighted by molar-refractivity contribution is 7.15. The van der Waals surface area contributed by atoms with Gasteiger partial charge in [-0.2, -0.15) is 0 Å². The number of hydrogen-bond acceptors (Lipinski definition) is 6. The molecule has 2 amide bonds. The van der Waals surface area contributed by atoms with Crippen LogP contribution in [0.1, 0.15) is 5.01 Å². The van der Waals surface area contributed by atoms with Gasteiger partial charge in [0.25, 0.3) is 0 Å². The van der Waals surface area contributed by atoms with Crippen molar-refractivity contribution < 1.29 is 14.3 Å². The smallest absolute Gasteiger partial charge is 0.325 e. The Hall–Kier alpha value is -2.84. The van der Waals surface area contributed by atoms with Gasteiger partial charge in [-0.1, -0.05) is 29.0 Å². The number of halogens is 1. The average molecular weight is 391 g/mol. The molecule has 0 aliphatic rings. The summed E-state index contributed by atoms with van der Waals surface area (Å²) in [5.41, 5.74) is 0.586. The molecule has 2 N–H and O–H groups in total. The van der Waals surface area contributed by atoms with E-state index in [1.807, 2.05) is 12.1 Å². The summed E-state index contributed by atoms with van der Waals surface area (Å²) in [5, 5.41) is 14.8. The van der Waals surface area contributed by atoms with Crippen LogP contribution in [0.4, 0.5) is 15.6 Å². The number of urea groups is 1. The Labute approximate surface area is 158 Å². The van der Waals surface area contributed by atoms with Crippen LogP contribution in [0.3, 0.4) is 0 Å². The molecule has 0 saturated heterocycles. The van der Waals surface area contributed by atoms with Crippen LogP contribution < -0.4 is 20.1 Å². The maximum Gasteiger partial charge on any atom is 0.325 e. The first-order chi connectivity index (χ1) is 12.6. The normalized spacial score (nSPS) is 10.2. The number of carbonyl (C=O) groups is 1. The van der Waals surface area contributed by atoms with Gasteiger partial charge in [0, 0.05) is 10.7 Å². The zero-order chi connectivity index (χ0) is 18.4. The summed E-state index contributed by atoms with van der Waals surface area (Å²) in [7, 11) is 1.61. The third-order valence-corrected chi connectivity index (χ3v) is 4.24. The topological polar surface area (TPSA) is 85.4 Å². The van der Waals surface area contributed by atoms with Gasteiger partial charge in [0.05, 0.1) is 7.11 Å². The summed E-state index contributed by atoms with van der Waals surface area (Å²) in [6.45, 7) is 0.252. The van der Waals surface area contributed by atoms with Crippen molar-refractivity contribution in [3.8, 4) is 11.5 Å². The molecule has 3 rings (SSSR count). The molecule has 0 unspecified atom stereocenters. The van der Waals surface area contributed by atoms with Gasteiger partial charge >= 0.3 is 6.03 Å². The van der Waals surface area contributed by atoms with Gasteiger partial charge in [-0.25, -0.2) is 4.79 Å². The van der Waals surface area contributed by atoms with Crippen LogP contribution in [0.25, 0.3) is 0 Å². The van der Waals surface area contributed by atoms with Gasteiger partial charge in [0.15, 0.2) is 5.01 Å². The fraction of sp³-hybridized carbons (Fsp3) is 0.118. The number of aromatic nitrogens is 2. The maximum atomic E-state index is 12.0. The minimum absolute atomic E-state index is 0.252. The second kappa shape index (κ2) is 8.50. The first-order valence-electron chi connectivity index (χ1n) is 7.55. The minimum Gasteiger partial charge on any atom is -0.497 e. The third kappa shape index (κ3) is 5.08. The monoisotopic (exact) mass is 390 g/mol. The van der Waals surface area contributed by atoms with Crippen molar-refractivity contribution in [3.05, 3.63) is 58.6 Å². The van der Waals surface area contributed by atoms with E-state index in [1.165, 1.54) is 11.3 Å². The van der Waals surface area contributed by atoms with Crippen LogP contribution in [-0.4, -0.2) is 23.3 Å². The fourth-order valence-electron chi connectivity index (χ4n) is 2.01. The van der Waals surface area contributed by atoms with Crippen LogP contribution in [0.2, 0.25) is 5.02 Å². The fourth-order valence-corrected chi connectivity index (χ4v) is 2.84. The third-order valence-electron chi connectivity index (χ3n) is 3.19. The van der Waals surface area contributed by atoms with Crippen LogP contribution in [0.15, 0.2) is 48.5 Å². The van der Waals surface area contributed by atoms with Crippen LogP contribution in [0.5, 0.6) is 11.5 Å². The predicted molar refractivity (Wildman–Crippen MR) is 101 cm³/mol. The van der Waals surface area contributed by atoms with E-state index >= 15 is 0 Å². The summed E-state index contributed by atoms with van der Waals surface area (Å²) in [6.07, 6.45) is 0. The Morgan fingerprint density at radius 2 is 1.88 bits per heavy atom. The number of methoxy groups -OCH3 is 1. The summed E-state index contributed by atoms with van der Waals surface area (Å²) in [6, 6.07) is 13.7. The molecular formula is C17H15ClN4O3S. The van der Waals surface area contributed by atoms with Gasteiger partial charge in [-0.05, 0) is 42.5 Å². The molecule has 0 spiro atoms. The number of benzene rings is 2.